The summed E-state index contributed by atoms with van der Waals surface area (Å²) in [4.78, 5) is 9.14. The number of nitrogens with zero attached hydrogens (tertiary/aromatic N) is 3. The Bertz CT molecular complexity index is 325. The molecule has 0 saturated heterocycles. The van der Waals surface area contributed by atoms with E-state index in [4.69, 9.17) is 0 Å². The molecule has 1 N–H and O–H groups in total. The van der Waals surface area contributed by atoms with Crippen molar-refractivity contribution in [1.82, 2.24) is 9.97 Å². The van der Waals surface area contributed by atoms with Gasteiger partial charge in [-0.15, -0.1) is 0 Å². The highest BCUT2D eigenvalue weighted by Gasteiger charge is 2.18. The molecule has 0 unspecified atom stereocenters. The second-order valence-electron chi connectivity index (χ2n) is 4.03. The molecule has 1 heterocycles. The molecule has 1 aromatic heterocycles. The molecule has 0 aromatic carbocycles. The summed E-state index contributed by atoms with van der Waals surface area (Å²) in [6.07, 6.45) is 1.18. The van der Waals surface area contributed by atoms with Crippen LogP contribution in [0.5, 0.6) is 0 Å². The number of likely N-dealkylation sites (N-methyl/N-ethyl adjacent to an activating group) is 1. The highest BCUT2D eigenvalue weighted by atomic mass is 19.1. The summed E-state index contributed by atoms with van der Waals surface area (Å²) in [5, 5.41) is 9.67. The third-order valence-electron chi connectivity index (χ3n) is 1.90. The topological polar surface area (TPSA) is 49.2 Å². The monoisotopic (exact) mass is 213 g/mol. The van der Waals surface area contributed by atoms with Gasteiger partial charge in [-0.2, -0.15) is 4.39 Å². The highest BCUT2D eigenvalue weighted by molar-refractivity contribution is 5.37. The molecule has 0 atom stereocenters. The fourth-order valence-corrected chi connectivity index (χ4v) is 1.32. The van der Waals surface area contributed by atoms with Gasteiger partial charge in [-0.05, 0) is 20.8 Å². The maximum absolute atomic E-state index is 12.9. The van der Waals surface area contributed by atoms with Crippen molar-refractivity contribution in [3.8, 4) is 0 Å². The number of hydrogen-bond acceptors (Lipinski definition) is 4. The molecule has 0 radical (unpaired) electrons. The molecule has 0 aliphatic rings. The van der Waals surface area contributed by atoms with Crippen LogP contribution in [0.15, 0.2) is 12.4 Å². The lowest BCUT2D eigenvalue weighted by atomic mass is 10.1. The van der Waals surface area contributed by atoms with Gasteiger partial charge in [0.15, 0.2) is 0 Å². The Morgan fingerprint density at radius 2 is 2.13 bits per heavy atom. The Kier molecular flexibility index (Phi) is 3.57. The number of aliphatic hydroxyl groups is 1. The lowest BCUT2D eigenvalue weighted by molar-refractivity contribution is 0.0874. The van der Waals surface area contributed by atoms with Crippen LogP contribution in [0, 0.1) is 5.95 Å². The van der Waals surface area contributed by atoms with E-state index in [0.29, 0.717) is 18.9 Å². The Hall–Kier alpha value is -1.23. The zero-order chi connectivity index (χ0) is 11.5. The molecule has 84 valence electrons. The summed E-state index contributed by atoms with van der Waals surface area (Å²) in [6, 6.07) is 1.26. The van der Waals surface area contributed by atoms with Gasteiger partial charge in [0.1, 0.15) is 12.1 Å². The van der Waals surface area contributed by atoms with E-state index < -0.39 is 11.5 Å². The van der Waals surface area contributed by atoms with Crippen molar-refractivity contribution in [3.05, 3.63) is 18.3 Å². The fourth-order valence-electron chi connectivity index (χ4n) is 1.32. The van der Waals surface area contributed by atoms with Crippen molar-refractivity contribution in [2.24, 2.45) is 0 Å². The second kappa shape index (κ2) is 4.53. The smallest absolute Gasteiger partial charge is 0.218 e. The van der Waals surface area contributed by atoms with Gasteiger partial charge in [0.05, 0.1) is 5.60 Å². The van der Waals surface area contributed by atoms with Crippen LogP contribution in [0.4, 0.5) is 10.2 Å². The maximum atomic E-state index is 12.9. The molecule has 0 fully saturated rings. The van der Waals surface area contributed by atoms with E-state index in [0.717, 1.165) is 0 Å². The minimum Gasteiger partial charge on any atom is -0.389 e. The number of rotatable bonds is 4. The molecule has 4 nitrogen and oxygen atoms in total. The molecule has 1 aromatic rings. The summed E-state index contributed by atoms with van der Waals surface area (Å²) in [5.74, 6) is -0.0682. The minimum atomic E-state index is -0.836. The SMILES string of the molecule is CCN(CC(C)(C)O)c1cc(F)ncn1. The first-order valence-corrected chi connectivity index (χ1v) is 4.87. The predicted octanol–water partition coefficient (Wildman–Crippen LogP) is 1.21. The third-order valence-corrected chi connectivity index (χ3v) is 1.90. The molecule has 0 bridgehead atoms. The number of anilines is 1. The van der Waals surface area contributed by atoms with E-state index in [1.165, 1.54) is 12.4 Å². The molecular weight excluding hydrogens is 197 g/mol. The molecule has 15 heavy (non-hydrogen) atoms. The lowest BCUT2D eigenvalue weighted by Gasteiger charge is -2.28. The summed E-state index contributed by atoms with van der Waals surface area (Å²) in [6.45, 7) is 6.38. The Labute approximate surface area is 88.8 Å². The van der Waals surface area contributed by atoms with Crippen molar-refractivity contribution in [2.75, 3.05) is 18.0 Å². The van der Waals surface area contributed by atoms with Crippen LogP contribution >= 0.6 is 0 Å². The molecule has 1 rings (SSSR count). The summed E-state index contributed by atoms with van der Waals surface area (Å²) < 4.78 is 12.9. The van der Waals surface area contributed by atoms with Crippen LogP contribution in [0.2, 0.25) is 0 Å². The zero-order valence-electron chi connectivity index (χ0n) is 9.24. The van der Waals surface area contributed by atoms with E-state index >= 15 is 0 Å². The van der Waals surface area contributed by atoms with Gasteiger partial charge in [0, 0.05) is 19.2 Å². The van der Waals surface area contributed by atoms with Gasteiger partial charge >= 0.3 is 0 Å². The number of halogens is 1. The number of aromatic nitrogens is 2. The average molecular weight is 213 g/mol. The molecule has 5 heteroatoms. The first kappa shape index (κ1) is 11.8. The van der Waals surface area contributed by atoms with E-state index in [2.05, 4.69) is 9.97 Å². The highest BCUT2D eigenvalue weighted by Crippen LogP contribution is 2.13. The van der Waals surface area contributed by atoms with E-state index in [-0.39, 0.29) is 0 Å². The Balaban J connectivity index is 2.83. The van der Waals surface area contributed by atoms with Crippen LogP contribution in [-0.4, -0.2) is 33.8 Å². The molecule has 0 aliphatic heterocycles. The van der Waals surface area contributed by atoms with Gasteiger partial charge < -0.3 is 10.0 Å². The van der Waals surface area contributed by atoms with Crippen molar-refractivity contribution in [3.63, 3.8) is 0 Å². The molecule has 0 aliphatic carbocycles. The predicted molar refractivity (Wildman–Crippen MR) is 56.2 cm³/mol. The van der Waals surface area contributed by atoms with Crippen LogP contribution in [0.1, 0.15) is 20.8 Å². The van der Waals surface area contributed by atoms with Crippen LogP contribution < -0.4 is 4.90 Å². The van der Waals surface area contributed by atoms with Gasteiger partial charge in [-0.3, -0.25) is 0 Å². The van der Waals surface area contributed by atoms with Gasteiger partial charge in [0.2, 0.25) is 5.95 Å². The molecule has 0 saturated carbocycles. The van der Waals surface area contributed by atoms with Crippen LogP contribution in [0.3, 0.4) is 0 Å². The van der Waals surface area contributed by atoms with Crippen molar-refractivity contribution < 1.29 is 9.50 Å². The average Bonchev–Trinajstić information content (AvgIpc) is 2.13. The summed E-state index contributed by atoms with van der Waals surface area (Å²) in [7, 11) is 0. The van der Waals surface area contributed by atoms with E-state index in [1.54, 1.807) is 18.7 Å². The van der Waals surface area contributed by atoms with Crippen molar-refractivity contribution in [1.29, 1.82) is 0 Å². The van der Waals surface area contributed by atoms with Gasteiger partial charge in [-0.1, -0.05) is 0 Å². The molecule has 0 spiro atoms. The zero-order valence-corrected chi connectivity index (χ0v) is 9.24. The van der Waals surface area contributed by atoms with E-state index in [9.17, 15) is 9.50 Å². The lowest BCUT2D eigenvalue weighted by Crippen LogP contribution is -2.39. The van der Waals surface area contributed by atoms with Crippen molar-refractivity contribution >= 4 is 5.82 Å². The van der Waals surface area contributed by atoms with Gasteiger partial charge in [-0.25, -0.2) is 9.97 Å². The van der Waals surface area contributed by atoms with Gasteiger partial charge in [0.25, 0.3) is 0 Å². The second-order valence-corrected chi connectivity index (χ2v) is 4.03. The third kappa shape index (κ3) is 3.79. The van der Waals surface area contributed by atoms with Crippen LogP contribution in [0.25, 0.3) is 0 Å². The Morgan fingerprint density at radius 3 is 2.60 bits per heavy atom. The number of hydrogen-bond donors (Lipinski definition) is 1. The quantitative estimate of drug-likeness (QED) is 0.764. The normalized spacial score (nSPS) is 11.5. The molecule has 0 amide bonds. The maximum Gasteiger partial charge on any atom is 0.218 e. The largest absolute Gasteiger partial charge is 0.389 e. The summed E-state index contributed by atoms with van der Waals surface area (Å²) in [5.41, 5.74) is -0.836. The van der Waals surface area contributed by atoms with Crippen molar-refractivity contribution in [2.45, 2.75) is 26.4 Å². The first-order valence-electron chi connectivity index (χ1n) is 4.87. The fraction of sp³-hybridized carbons (Fsp3) is 0.600. The van der Waals surface area contributed by atoms with Crippen LogP contribution in [-0.2, 0) is 0 Å². The minimum absolute atomic E-state index is 0.403. The summed E-state index contributed by atoms with van der Waals surface area (Å²) >= 11 is 0. The Morgan fingerprint density at radius 1 is 1.47 bits per heavy atom. The van der Waals surface area contributed by atoms with E-state index in [1.807, 2.05) is 6.92 Å². The standard InChI is InChI=1S/C10H16FN3O/c1-4-14(6-10(2,3)15)9-5-8(11)12-7-13-9/h5,7,15H,4,6H2,1-3H3. The molecular formula is C10H16FN3O. The first-order chi connectivity index (χ1) is 6.92.